The van der Waals surface area contributed by atoms with Crippen LogP contribution in [0.15, 0.2) is 48.5 Å². The van der Waals surface area contributed by atoms with Crippen LogP contribution < -0.4 is 10.6 Å². The fourth-order valence-electron chi connectivity index (χ4n) is 3.72. The minimum absolute atomic E-state index is 0.00698. The SMILES string of the molecule is Cc1cc(C2CC(C(=O)Nc3ccccc3)CN(C(=O)NC(C)C)C2)ccc1F. The number of aryl methyl sites for hydroxylation is 1. The highest BCUT2D eigenvalue weighted by Gasteiger charge is 2.35. The number of piperidine rings is 1. The Labute approximate surface area is 171 Å². The van der Waals surface area contributed by atoms with Crippen molar-refractivity contribution in [2.24, 2.45) is 5.92 Å². The van der Waals surface area contributed by atoms with Gasteiger partial charge >= 0.3 is 6.03 Å². The molecule has 0 aromatic heterocycles. The van der Waals surface area contributed by atoms with Crippen molar-refractivity contribution in [2.75, 3.05) is 18.4 Å². The quantitative estimate of drug-likeness (QED) is 0.808. The van der Waals surface area contributed by atoms with Crippen LogP contribution >= 0.6 is 0 Å². The summed E-state index contributed by atoms with van der Waals surface area (Å²) in [5.41, 5.74) is 2.25. The molecule has 5 nitrogen and oxygen atoms in total. The zero-order valence-corrected chi connectivity index (χ0v) is 17.1. The van der Waals surface area contributed by atoms with Crippen LogP contribution in [0.4, 0.5) is 14.9 Å². The normalized spacial score (nSPS) is 19.1. The minimum Gasteiger partial charge on any atom is -0.336 e. The Balaban J connectivity index is 1.82. The molecule has 1 saturated heterocycles. The molecule has 3 rings (SSSR count). The average molecular weight is 397 g/mol. The van der Waals surface area contributed by atoms with Crippen LogP contribution in [0, 0.1) is 18.7 Å². The number of carbonyl (C=O) groups is 2. The largest absolute Gasteiger partial charge is 0.336 e. The third-order valence-corrected chi connectivity index (χ3v) is 5.22. The number of urea groups is 1. The third kappa shape index (κ3) is 5.34. The van der Waals surface area contributed by atoms with Crippen molar-refractivity contribution < 1.29 is 14.0 Å². The molecule has 0 saturated carbocycles. The van der Waals surface area contributed by atoms with Gasteiger partial charge in [-0.25, -0.2) is 9.18 Å². The van der Waals surface area contributed by atoms with Crippen molar-refractivity contribution in [1.82, 2.24) is 10.2 Å². The number of nitrogens with one attached hydrogen (secondary N) is 2. The second-order valence-corrected chi connectivity index (χ2v) is 8.00. The van der Waals surface area contributed by atoms with Crippen molar-refractivity contribution in [1.29, 1.82) is 0 Å². The number of carbonyl (C=O) groups excluding carboxylic acids is 2. The van der Waals surface area contributed by atoms with E-state index in [1.165, 1.54) is 6.07 Å². The first kappa shape index (κ1) is 20.8. The van der Waals surface area contributed by atoms with Crippen LogP contribution in [-0.4, -0.2) is 36.0 Å². The van der Waals surface area contributed by atoms with Crippen LogP contribution in [0.2, 0.25) is 0 Å². The van der Waals surface area contributed by atoms with E-state index in [0.29, 0.717) is 25.1 Å². The number of nitrogens with zero attached hydrogens (tertiary/aromatic N) is 1. The average Bonchev–Trinajstić information content (AvgIpc) is 2.70. The number of hydrogen-bond acceptors (Lipinski definition) is 2. The molecule has 29 heavy (non-hydrogen) atoms. The maximum absolute atomic E-state index is 13.7. The Kier molecular flexibility index (Phi) is 6.52. The highest BCUT2D eigenvalue weighted by Crippen LogP contribution is 2.32. The second-order valence-electron chi connectivity index (χ2n) is 8.00. The lowest BCUT2D eigenvalue weighted by Gasteiger charge is -2.38. The summed E-state index contributed by atoms with van der Waals surface area (Å²) in [5.74, 6) is -0.746. The molecule has 1 heterocycles. The van der Waals surface area contributed by atoms with Crippen molar-refractivity contribution in [3.05, 3.63) is 65.5 Å². The Morgan fingerprint density at radius 2 is 1.83 bits per heavy atom. The molecule has 2 aromatic carbocycles. The van der Waals surface area contributed by atoms with Crippen molar-refractivity contribution in [3.8, 4) is 0 Å². The van der Waals surface area contributed by atoms with Gasteiger partial charge in [0.15, 0.2) is 0 Å². The van der Waals surface area contributed by atoms with E-state index in [1.807, 2.05) is 50.2 Å². The van der Waals surface area contributed by atoms with E-state index in [-0.39, 0.29) is 35.6 Å². The van der Waals surface area contributed by atoms with E-state index in [9.17, 15) is 14.0 Å². The zero-order chi connectivity index (χ0) is 21.0. The number of likely N-dealkylation sites (tertiary alicyclic amines) is 1. The smallest absolute Gasteiger partial charge is 0.317 e. The molecule has 1 fully saturated rings. The first-order chi connectivity index (χ1) is 13.8. The van der Waals surface area contributed by atoms with Crippen molar-refractivity contribution >= 4 is 17.6 Å². The molecule has 6 heteroatoms. The number of anilines is 1. The van der Waals surface area contributed by atoms with Crippen molar-refractivity contribution in [3.63, 3.8) is 0 Å². The van der Waals surface area contributed by atoms with Crippen LogP contribution in [0.3, 0.4) is 0 Å². The molecule has 154 valence electrons. The van der Waals surface area contributed by atoms with Crippen LogP contribution in [-0.2, 0) is 4.79 Å². The molecule has 2 atom stereocenters. The maximum atomic E-state index is 13.7. The van der Waals surface area contributed by atoms with Crippen LogP contribution in [0.25, 0.3) is 0 Å². The lowest BCUT2D eigenvalue weighted by atomic mass is 9.83. The molecule has 2 N–H and O–H groups in total. The molecule has 2 aromatic rings. The van der Waals surface area contributed by atoms with E-state index in [1.54, 1.807) is 17.9 Å². The number of rotatable bonds is 4. The highest BCUT2D eigenvalue weighted by molar-refractivity contribution is 5.93. The molecule has 3 amide bonds. The van der Waals surface area contributed by atoms with Gasteiger partial charge in [-0.2, -0.15) is 0 Å². The number of para-hydroxylation sites is 1. The summed E-state index contributed by atoms with van der Waals surface area (Å²) < 4.78 is 13.7. The third-order valence-electron chi connectivity index (χ3n) is 5.22. The van der Waals surface area contributed by atoms with Gasteiger partial charge in [0, 0.05) is 30.7 Å². The monoisotopic (exact) mass is 397 g/mol. The van der Waals surface area contributed by atoms with E-state index in [4.69, 9.17) is 0 Å². The summed E-state index contributed by atoms with van der Waals surface area (Å²) in [7, 11) is 0. The van der Waals surface area contributed by atoms with Gasteiger partial charge in [-0.1, -0.05) is 30.3 Å². The molecule has 0 bridgehead atoms. The summed E-state index contributed by atoms with van der Waals surface area (Å²) in [6.45, 7) is 6.39. The molecular formula is C23H28FN3O2. The van der Waals surface area contributed by atoms with Crippen LogP contribution in [0.1, 0.15) is 37.3 Å². The van der Waals surface area contributed by atoms with Gasteiger partial charge in [-0.05, 0) is 56.5 Å². The number of benzene rings is 2. The molecular weight excluding hydrogens is 369 g/mol. The number of amides is 3. The summed E-state index contributed by atoms with van der Waals surface area (Å²) >= 11 is 0. The zero-order valence-electron chi connectivity index (χ0n) is 17.1. The van der Waals surface area contributed by atoms with Gasteiger partial charge < -0.3 is 15.5 Å². The molecule has 0 radical (unpaired) electrons. The minimum atomic E-state index is -0.350. The lowest BCUT2D eigenvalue weighted by molar-refractivity contribution is -0.121. The van der Waals surface area contributed by atoms with Gasteiger partial charge in [-0.3, -0.25) is 4.79 Å². The Hall–Kier alpha value is -2.89. The topological polar surface area (TPSA) is 61.4 Å². The molecule has 1 aliphatic rings. The Morgan fingerprint density at radius 3 is 2.48 bits per heavy atom. The summed E-state index contributed by atoms with van der Waals surface area (Å²) in [4.78, 5) is 27.3. The van der Waals surface area contributed by atoms with E-state index >= 15 is 0 Å². The molecule has 1 aliphatic heterocycles. The maximum Gasteiger partial charge on any atom is 0.317 e. The van der Waals surface area contributed by atoms with Gasteiger partial charge in [0.25, 0.3) is 0 Å². The van der Waals surface area contributed by atoms with Crippen LogP contribution in [0.5, 0.6) is 0 Å². The predicted molar refractivity (Wildman–Crippen MR) is 112 cm³/mol. The lowest BCUT2D eigenvalue weighted by Crippen LogP contribution is -2.51. The summed E-state index contributed by atoms with van der Waals surface area (Å²) in [6.07, 6.45) is 0.606. The molecule has 0 aliphatic carbocycles. The van der Waals surface area contributed by atoms with E-state index < -0.39 is 0 Å². The highest BCUT2D eigenvalue weighted by atomic mass is 19.1. The van der Waals surface area contributed by atoms with Gasteiger partial charge in [0.2, 0.25) is 5.91 Å². The van der Waals surface area contributed by atoms with Gasteiger partial charge in [0.05, 0.1) is 5.92 Å². The van der Waals surface area contributed by atoms with E-state index in [2.05, 4.69) is 10.6 Å². The fourth-order valence-corrected chi connectivity index (χ4v) is 3.72. The summed E-state index contributed by atoms with van der Waals surface area (Å²) in [5, 5.41) is 5.86. The fraction of sp³-hybridized carbons (Fsp3) is 0.391. The summed E-state index contributed by atoms with van der Waals surface area (Å²) in [6, 6.07) is 14.1. The molecule has 2 unspecified atom stereocenters. The number of hydrogen-bond donors (Lipinski definition) is 2. The molecule has 0 spiro atoms. The van der Waals surface area contributed by atoms with E-state index in [0.717, 1.165) is 11.3 Å². The van der Waals surface area contributed by atoms with Gasteiger partial charge in [-0.15, -0.1) is 0 Å². The Morgan fingerprint density at radius 1 is 1.10 bits per heavy atom. The van der Waals surface area contributed by atoms with Gasteiger partial charge in [0.1, 0.15) is 5.82 Å². The first-order valence-corrected chi connectivity index (χ1v) is 10.0. The first-order valence-electron chi connectivity index (χ1n) is 10.0. The predicted octanol–water partition coefficient (Wildman–Crippen LogP) is 4.30. The standard InChI is InChI=1S/C23H28FN3O2/c1-15(2)25-23(29)27-13-18(17-9-10-21(24)16(3)11-17)12-19(14-27)22(28)26-20-7-5-4-6-8-20/h4-11,15,18-19H,12-14H2,1-3H3,(H,25,29)(H,26,28). The second kappa shape index (κ2) is 9.07. The van der Waals surface area contributed by atoms with Crippen molar-refractivity contribution in [2.45, 2.75) is 39.2 Å². The number of halogens is 1. The Bertz CT molecular complexity index is 870.